The molecule has 0 bridgehead atoms. The molecule has 4 nitrogen and oxygen atoms in total. The van der Waals surface area contributed by atoms with Gasteiger partial charge in [0.1, 0.15) is 5.78 Å². The summed E-state index contributed by atoms with van der Waals surface area (Å²) in [6.45, 7) is 3.92. The van der Waals surface area contributed by atoms with Crippen LogP contribution < -0.4 is 0 Å². The van der Waals surface area contributed by atoms with Crippen molar-refractivity contribution in [3.8, 4) is 0 Å². The average Bonchev–Trinajstić information content (AvgIpc) is 1.87. The second kappa shape index (κ2) is 8.94. The van der Waals surface area contributed by atoms with Gasteiger partial charge in [-0.3, -0.25) is 4.79 Å². The standard InChI is InChI=1S/C6H12O.CH2O3/c1-3-5-6(7)4-2;2-1(3)4/h3-5H2,1-2H3;(H2,2,3,4). The van der Waals surface area contributed by atoms with Crippen molar-refractivity contribution in [1.29, 1.82) is 0 Å². The summed E-state index contributed by atoms with van der Waals surface area (Å²) in [5.74, 6) is 0.377. The van der Waals surface area contributed by atoms with E-state index in [1.165, 1.54) is 0 Å². The smallest absolute Gasteiger partial charge is 0.450 e. The van der Waals surface area contributed by atoms with E-state index in [1.807, 2.05) is 13.8 Å². The summed E-state index contributed by atoms with van der Waals surface area (Å²) >= 11 is 0. The molecule has 0 unspecified atom stereocenters. The number of carbonyl (C=O) groups is 2. The highest BCUT2D eigenvalue weighted by Crippen LogP contribution is 1.90. The van der Waals surface area contributed by atoms with Gasteiger partial charge in [-0.25, -0.2) is 4.79 Å². The number of hydrogen-bond donors (Lipinski definition) is 2. The molecule has 11 heavy (non-hydrogen) atoms. The molecule has 0 spiro atoms. The number of rotatable bonds is 3. The fraction of sp³-hybridized carbons (Fsp3) is 0.714. The molecule has 0 atom stereocenters. The van der Waals surface area contributed by atoms with Crippen LogP contribution >= 0.6 is 0 Å². The summed E-state index contributed by atoms with van der Waals surface area (Å²) in [6.07, 6.45) is 0.622. The van der Waals surface area contributed by atoms with Crippen LogP contribution in [-0.4, -0.2) is 22.2 Å². The van der Waals surface area contributed by atoms with Crippen molar-refractivity contribution in [1.82, 2.24) is 0 Å². The number of Topliss-reactive ketones (excluding diaryl/α,β-unsaturated/α-hetero) is 1. The second-order valence-electron chi connectivity index (χ2n) is 1.92. The van der Waals surface area contributed by atoms with Gasteiger partial charge in [0, 0.05) is 12.8 Å². The molecule has 0 aromatic carbocycles. The Morgan fingerprint density at radius 1 is 1.18 bits per heavy atom. The molecule has 0 aliphatic heterocycles. The lowest BCUT2D eigenvalue weighted by Gasteiger charge is -1.87. The van der Waals surface area contributed by atoms with Crippen LogP contribution in [0, 0.1) is 0 Å². The zero-order chi connectivity index (χ0) is 9.28. The Hall–Kier alpha value is -1.06. The molecule has 0 fully saturated rings. The maximum absolute atomic E-state index is 10.4. The molecule has 0 radical (unpaired) electrons. The van der Waals surface area contributed by atoms with E-state index in [4.69, 9.17) is 15.0 Å². The molecule has 0 heterocycles. The zero-order valence-electron chi connectivity index (χ0n) is 6.83. The quantitative estimate of drug-likeness (QED) is 0.665. The Morgan fingerprint density at radius 2 is 1.55 bits per heavy atom. The molecule has 66 valence electrons. The van der Waals surface area contributed by atoms with Gasteiger partial charge in [0.15, 0.2) is 0 Å². The summed E-state index contributed by atoms with van der Waals surface area (Å²) in [6, 6.07) is 0. The third kappa shape index (κ3) is 27.7. The van der Waals surface area contributed by atoms with E-state index < -0.39 is 6.16 Å². The third-order valence-electron chi connectivity index (χ3n) is 0.923. The molecular formula is C7H14O4. The van der Waals surface area contributed by atoms with Crippen LogP contribution in [0.4, 0.5) is 4.79 Å². The van der Waals surface area contributed by atoms with Crippen molar-refractivity contribution >= 4 is 11.9 Å². The van der Waals surface area contributed by atoms with E-state index in [-0.39, 0.29) is 0 Å². The van der Waals surface area contributed by atoms with Crippen LogP contribution in [0.5, 0.6) is 0 Å². The van der Waals surface area contributed by atoms with Gasteiger partial charge in [-0.15, -0.1) is 0 Å². The number of hydrogen-bond acceptors (Lipinski definition) is 2. The van der Waals surface area contributed by atoms with Crippen LogP contribution in [0.25, 0.3) is 0 Å². The summed E-state index contributed by atoms with van der Waals surface area (Å²) in [7, 11) is 0. The largest absolute Gasteiger partial charge is 0.503 e. The average molecular weight is 162 g/mol. The molecule has 0 aliphatic rings. The van der Waals surface area contributed by atoms with Gasteiger partial charge >= 0.3 is 6.16 Å². The van der Waals surface area contributed by atoms with Gasteiger partial charge in [-0.1, -0.05) is 13.8 Å². The SMILES string of the molecule is CCCC(=O)CC.O=C(O)O. The van der Waals surface area contributed by atoms with Gasteiger partial charge in [-0.2, -0.15) is 0 Å². The lowest BCUT2D eigenvalue weighted by atomic mass is 10.2. The van der Waals surface area contributed by atoms with Crippen molar-refractivity contribution in [2.24, 2.45) is 0 Å². The van der Waals surface area contributed by atoms with E-state index in [0.717, 1.165) is 12.8 Å². The van der Waals surface area contributed by atoms with Crippen molar-refractivity contribution in [2.75, 3.05) is 0 Å². The summed E-state index contributed by atoms with van der Waals surface area (Å²) in [5.41, 5.74) is 0. The number of ketones is 1. The van der Waals surface area contributed by atoms with Crippen LogP contribution in [0.15, 0.2) is 0 Å². The molecule has 0 amide bonds. The first-order chi connectivity index (χ1) is 5.04. The maximum atomic E-state index is 10.4. The predicted octanol–water partition coefficient (Wildman–Crippen LogP) is 1.99. The van der Waals surface area contributed by atoms with Crippen molar-refractivity contribution < 1.29 is 19.8 Å². The van der Waals surface area contributed by atoms with Crippen molar-refractivity contribution in [3.63, 3.8) is 0 Å². The Bertz CT molecular complexity index is 116. The van der Waals surface area contributed by atoms with E-state index in [2.05, 4.69) is 0 Å². The number of carbonyl (C=O) groups excluding carboxylic acids is 1. The Labute approximate surface area is 65.8 Å². The molecule has 0 saturated heterocycles. The van der Waals surface area contributed by atoms with Crippen LogP contribution in [0.3, 0.4) is 0 Å². The van der Waals surface area contributed by atoms with E-state index in [0.29, 0.717) is 12.2 Å². The molecule has 0 aromatic rings. The molecule has 0 saturated carbocycles. The minimum Gasteiger partial charge on any atom is -0.450 e. The number of carboxylic acid groups (broad SMARTS) is 2. The normalized spacial score (nSPS) is 7.82. The van der Waals surface area contributed by atoms with Crippen molar-refractivity contribution in [2.45, 2.75) is 33.1 Å². The third-order valence-corrected chi connectivity index (χ3v) is 0.923. The lowest BCUT2D eigenvalue weighted by molar-refractivity contribution is -0.118. The maximum Gasteiger partial charge on any atom is 0.503 e. The Kier molecular flexibility index (Phi) is 10.2. The van der Waals surface area contributed by atoms with Gasteiger partial charge in [0.05, 0.1) is 0 Å². The molecular weight excluding hydrogens is 148 g/mol. The first-order valence-corrected chi connectivity index (χ1v) is 3.48. The zero-order valence-corrected chi connectivity index (χ0v) is 6.83. The van der Waals surface area contributed by atoms with Crippen molar-refractivity contribution in [3.05, 3.63) is 0 Å². The Balaban J connectivity index is 0. The Morgan fingerprint density at radius 3 is 1.64 bits per heavy atom. The van der Waals surface area contributed by atoms with Gasteiger partial charge in [-0.05, 0) is 6.42 Å². The molecule has 0 aliphatic carbocycles. The molecule has 4 heteroatoms. The fourth-order valence-electron chi connectivity index (χ4n) is 0.456. The summed E-state index contributed by atoms with van der Waals surface area (Å²) in [5, 5.41) is 13.9. The van der Waals surface area contributed by atoms with E-state index in [1.54, 1.807) is 0 Å². The highest BCUT2D eigenvalue weighted by atomic mass is 16.6. The van der Waals surface area contributed by atoms with Gasteiger partial charge < -0.3 is 10.2 Å². The highest BCUT2D eigenvalue weighted by Gasteiger charge is 1.91. The summed E-state index contributed by atoms with van der Waals surface area (Å²) in [4.78, 5) is 19.0. The lowest BCUT2D eigenvalue weighted by Crippen LogP contribution is -1.91. The molecule has 0 rings (SSSR count). The fourth-order valence-corrected chi connectivity index (χ4v) is 0.456. The minimum atomic E-state index is -1.83. The van der Waals surface area contributed by atoms with Crippen LogP contribution in [0.2, 0.25) is 0 Å². The summed E-state index contributed by atoms with van der Waals surface area (Å²) < 4.78 is 0. The topological polar surface area (TPSA) is 74.6 Å². The van der Waals surface area contributed by atoms with Gasteiger partial charge in [0.25, 0.3) is 0 Å². The van der Waals surface area contributed by atoms with E-state index in [9.17, 15) is 4.79 Å². The molecule has 0 aromatic heterocycles. The molecule has 2 N–H and O–H groups in total. The van der Waals surface area contributed by atoms with Crippen LogP contribution in [0.1, 0.15) is 33.1 Å². The van der Waals surface area contributed by atoms with E-state index >= 15 is 0 Å². The first kappa shape index (κ1) is 12.6. The second-order valence-corrected chi connectivity index (χ2v) is 1.92. The predicted molar refractivity (Wildman–Crippen MR) is 40.9 cm³/mol. The first-order valence-electron chi connectivity index (χ1n) is 3.48. The highest BCUT2D eigenvalue weighted by molar-refractivity contribution is 5.77. The monoisotopic (exact) mass is 162 g/mol. The van der Waals surface area contributed by atoms with Crippen LogP contribution in [-0.2, 0) is 4.79 Å². The van der Waals surface area contributed by atoms with Gasteiger partial charge in [0.2, 0.25) is 0 Å². The minimum absolute atomic E-state index is 0.377.